The number of esters is 1. The van der Waals surface area contributed by atoms with Crippen molar-refractivity contribution in [2.75, 3.05) is 6.61 Å². The molecule has 0 radical (unpaired) electrons. The Morgan fingerprint density at radius 2 is 1.95 bits per heavy atom. The summed E-state index contributed by atoms with van der Waals surface area (Å²) in [5.74, 6) is -1.45. The fraction of sp³-hybridized carbons (Fsp3) is 0.385. The predicted octanol–water partition coefficient (Wildman–Crippen LogP) is 1.03. The first-order valence-corrected chi connectivity index (χ1v) is 6.17. The zero-order chi connectivity index (χ0) is 16.3. The normalized spacial score (nSPS) is 10.6. The lowest BCUT2D eigenvalue weighted by molar-refractivity contribution is -0.548. The average molecular weight is 298 g/mol. The number of nitro groups is 1. The van der Waals surface area contributed by atoms with Gasteiger partial charge in [-0.2, -0.15) is 0 Å². The smallest absolute Gasteiger partial charge is 0.332 e. The molecule has 0 spiro atoms. The molecule has 2 N–H and O–H groups in total. The van der Waals surface area contributed by atoms with Crippen LogP contribution in [-0.2, 0) is 20.7 Å². The highest BCUT2D eigenvalue weighted by molar-refractivity contribution is 5.73. The summed E-state index contributed by atoms with van der Waals surface area (Å²) in [7, 11) is 0. The van der Waals surface area contributed by atoms with Crippen LogP contribution in [0.25, 0.3) is 0 Å². The Morgan fingerprint density at radius 1 is 1.38 bits per heavy atom. The monoisotopic (exact) mass is 298 g/mol. The molecule has 8 nitrogen and oxygen atoms in total. The van der Waals surface area contributed by atoms with Gasteiger partial charge in [-0.1, -0.05) is 30.3 Å². The Balaban J connectivity index is 0.000000567. The van der Waals surface area contributed by atoms with Crippen LogP contribution in [0.15, 0.2) is 30.3 Å². The number of carboxylic acid groups (broad SMARTS) is 1. The molecule has 0 saturated carbocycles. The first-order valence-electron chi connectivity index (χ1n) is 6.17. The second-order valence-corrected chi connectivity index (χ2v) is 3.89. The lowest BCUT2D eigenvalue weighted by Crippen LogP contribution is -2.41. The second-order valence-electron chi connectivity index (χ2n) is 3.89. The van der Waals surface area contributed by atoms with Crippen LogP contribution in [0.4, 0.5) is 0 Å². The van der Waals surface area contributed by atoms with Gasteiger partial charge in [0.05, 0.1) is 6.61 Å². The molecule has 0 aliphatic carbocycles. The van der Waals surface area contributed by atoms with Crippen molar-refractivity contribution in [3.63, 3.8) is 0 Å². The van der Waals surface area contributed by atoms with E-state index in [2.05, 4.69) is 4.74 Å². The molecule has 0 fully saturated rings. The molecule has 116 valence electrons. The van der Waals surface area contributed by atoms with Crippen LogP contribution < -0.4 is 5.43 Å². The quantitative estimate of drug-likeness (QED) is 0.457. The summed E-state index contributed by atoms with van der Waals surface area (Å²) in [6.45, 7) is 3.65. The van der Waals surface area contributed by atoms with Gasteiger partial charge in [0.2, 0.25) is 0 Å². The Labute approximate surface area is 121 Å². The minimum absolute atomic E-state index is 0.0805. The molecular formula is C13H18N2O6. The number of nitrogens with zero attached hydrogens (tertiary/aromatic N) is 1. The van der Waals surface area contributed by atoms with Crippen molar-refractivity contribution in [3.8, 4) is 0 Å². The third-order valence-electron chi connectivity index (χ3n) is 2.19. The third-order valence-corrected chi connectivity index (χ3v) is 2.19. The Morgan fingerprint density at radius 3 is 2.29 bits per heavy atom. The van der Waals surface area contributed by atoms with E-state index in [1.165, 1.54) is 6.92 Å². The van der Waals surface area contributed by atoms with E-state index < -0.39 is 17.0 Å². The van der Waals surface area contributed by atoms with E-state index in [0.717, 1.165) is 5.56 Å². The van der Waals surface area contributed by atoms with Crippen molar-refractivity contribution in [2.24, 2.45) is 0 Å². The number of rotatable bonds is 6. The van der Waals surface area contributed by atoms with Crippen LogP contribution in [0.5, 0.6) is 0 Å². The molecule has 0 aliphatic rings. The molecule has 0 aliphatic heterocycles. The third kappa shape index (κ3) is 9.88. The lowest BCUT2D eigenvalue weighted by Gasteiger charge is -2.08. The number of carbonyl (C=O) groups excluding carboxylic acids is 1. The molecule has 1 aromatic rings. The molecule has 0 bridgehead atoms. The van der Waals surface area contributed by atoms with Crippen LogP contribution in [0.3, 0.4) is 0 Å². The van der Waals surface area contributed by atoms with E-state index in [0.29, 0.717) is 6.61 Å². The minimum atomic E-state index is -1.24. The van der Waals surface area contributed by atoms with Crippen LogP contribution in [0, 0.1) is 10.1 Å². The topological polar surface area (TPSA) is 119 Å². The highest BCUT2D eigenvalue weighted by Crippen LogP contribution is 2.03. The number of hydrogen-bond donors (Lipinski definition) is 2. The van der Waals surface area contributed by atoms with Crippen LogP contribution in [0.2, 0.25) is 0 Å². The summed E-state index contributed by atoms with van der Waals surface area (Å²) in [6, 6.07) is 7.53. The molecular weight excluding hydrogens is 280 g/mol. The fourth-order valence-electron chi connectivity index (χ4n) is 1.37. The first kappa shape index (κ1) is 18.4. The van der Waals surface area contributed by atoms with Gasteiger partial charge in [0.1, 0.15) is 0 Å². The van der Waals surface area contributed by atoms with E-state index in [9.17, 15) is 19.7 Å². The molecule has 1 unspecified atom stereocenters. The molecule has 0 aromatic heterocycles. The number of nitrogens with one attached hydrogen (secondary N) is 1. The first-order chi connectivity index (χ1) is 9.86. The van der Waals surface area contributed by atoms with Crippen molar-refractivity contribution < 1.29 is 24.5 Å². The van der Waals surface area contributed by atoms with Gasteiger partial charge in [0, 0.05) is 13.3 Å². The molecule has 21 heavy (non-hydrogen) atoms. The summed E-state index contributed by atoms with van der Waals surface area (Å²) in [4.78, 5) is 30.6. The van der Waals surface area contributed by atoms with Gasteiger partial charge in [-0.3, -0.25) is 4.79 Å². The Hall–Kier alpha value is -2.64. The van der Waals surface area contributed by atoms with Gasteiger partial charge < -0.3 is 9.84 Å². The molecule has 8 heteroatoms. The van der Waals surface area contributed by atoms with E-state index in [1.54, 1.807) is 42.7 Å². The summed E-state index contributed by atoms with van der Waals surface area (Å²) in [5.41, 5.74) is 2.49. The predicted molar refractivity (Wildman–Crippen MR) is 74.0 cm³/mol. The number of carbonyl (C=O) groups is 2. The van der Waals surface area contributed by atoms with Crippen molar-refractivity contribution >= 4 is 11.9 Å². The van der Waals surface area contributed by atoms with Gasteiger partial charge in [-0.25, -0.2) is 14.9 Å². The number of ether oxygens (including phenoxy) is 1. The van der Waals surface area contributed by atoms with Crippen LogP contribution in [0.1, 0.15) is 19.4 Å². The number of carboxylic acids is 1. The Bertz CT molecular complexity index is 463. The van der Waals surface area contributed by atoms with Gasteiger partial charge in [0.25, 0.3) is 0 Å². The van der Waals surface area contributed by atoms with Gasteiger partial charge >= 0.3 is 11.9 Å². The summed E-state index contributed by atoms with van der Waals surface area (Å²) >= 11 is 0. The van der Waals surface area contributed by atoms with Crippen molar-refractivity contribution in [1.82, 2.24) is 5.43 Å². The largest absolute Gasteiger partial charge is 0.480 e. The zero-order valence-electron chi connectivity index (χ0n) is 11.8. The van der Waals surface area contributed by atoms with E-state index in [4.69, 9.17) is 5.11 Å². The van der Waals surface area contributed by atoms with E-state index in [1.807, 2.05) is 0 Å². The SMILES string of the molecule is CCOC(C)=O.O=C(O)C(Cc1ccccc1)N[N+](=O)[O-]. The van der Waals surface area contributed by atoms with E-state index >= 15 is 0 Å². The standard InChI is InChI=1S/C9H10N2O4.C4H8O2/c12-9(13)8(10-11(14)15)6-7-4-2-1-3-5-7;1-3-6-4(2)5/h1-5,8,10H,6H2,(H,12,13);3H2,1-2H3. The number of aliphatic carboxylic acids is 1. The van der Waals surface area contributed by atoms with Gasteiger partial charge in [-0.15, -0.1) is 5.43 Å². The highest BCUT2D eigenvalue weighted by Gasteiger charge is 2.22. The summed E-state index contributed by atoms with van der Waals surface area (Å²) in [5, 5.41) is 18.0. The van der Waals surface area contributed by atoms with Crippen LogP contribution >= 0.6 is 0 Å². The van der Waals surface area contributed by atoms with Crippen molar-refractivity contribution in [1.29, 1.82) is 0 Å². The molecule has 1 atom stereocenters. The molecule has 1 rings (SSSR count). The molecule has 0 heterocycles. The van der Waals surface area contributed by atoms with Crippen molar-refractivity contribution in [2.45, 2.75) is 26.3 Å². The van der Waals surface area contributed by atoms with Crippen molar-refractivity contribution in [3.05, 3.63) is 46.0 Å². The second kappa shape index (κ2) is 10.2. The van der Waals surface area contributed by atoms with Gasteiger partial charge in [0.15, 0.2) is 11.1 Å². The number of benzene rings is 1. The number of hydrogen-bond acceptors (Lipinski definition) is 5. The van der Waals surface area contributed by atoms with E-state index in [-0.39, 0.29) is 12.4 Å². The van der Waals surface area contributed by atoms with Crippen LogP contribution in [-0.4, -0.2) is 34.7 Å². The summed E-state index contributed by atoms with van der Waals surface area (Å²) in [6.07, 6.45) is 0.0805. The lowest BCUT2D eigenvalue weighted by atomic mass is 10.1. The zero-order valence-corrected chi connectivity index (χ0v) is 11.8. The average Bonchev–Trinajstić information content (AvgIpc) is 2.39. The maximum atomic E-state index is 10.7. The fourth-order valence-corrected chi connectivity index (χ4v) is 1.37. The molecule has 0 saturated heterocycles. The maximum absolute atomic E-state index is 10.7. The molecule has 0 amide bonds. The minimum Gasteiger partial charge on any atom is -0.480 e. The molecule has 1 aromatic carbocycles. The highest BCUT2D eigenvalue weighted by atomic mass is 16.7. The maximum Gasteiger partial charge on any atom is 0.332 e. The summed E-state index contributed by atoms with van der Waals surface area (Å²) < 4.78 is 4.40. The van der Waals surface area contributed by atoms with Gasteiger partial charge in [-0.05, 0) is 12.5 Å². The number of hydrazine groups is 1. The Kier molecular flexibility index (Phi) is 8.90.